The number of rotatable bonds is 1. The molecule has 1 aromatic rings. The molecule has 82 valence electrons. The van der Waals surface area contributed by atoms with E-state index in [1.165, 1.54) is 6.07 Å². The maximum atomic E-state index is 12.3. The van der Waals surface area contributed by atoms with Crippen molar-refractivity contribution in [2.45, 2.75) is 24.6 Å². The van der Waals surface area contributed by atoms with E-state index in [0.717, 1.165) is 24.1 Å². The first kappa shape index (κ1) is 11.0. The molecular formula is C10H9BrF3N. The predicted octanol–water partition coefficient (Wildman–Crippen LogP) is 3.28. The van der Waals surface area contributed by atoms with Crippen LogP contribution in [0.5, 0.6) is 0 Å². The highest BCUT2D eigenvalue weighted by Crippen LogP contribution is 2.43. The van der Waals surface area contributed by atoms with Gasteiger partial charge in [-0.1, -0.05) is 22.0 Å². The second-order valence-electron chi connectivity index (χ2n) is 3.74. The molecule has 1 saturated carbocycles. The Morgan fingerprint density at radius 3 is 2.33 bits per heavy atom. The van der Waals surface area contributed by atoms with Crippen LogP contribution in [-0.2, 0) is 6.18 Å². The highest BCUT2D eigenvalue weighted by atomic mass is 79.9. The van der Waals surface area contributed by atoms with E-state index >= 15 is 0 Å². The van der Waals surface area contributed by atoms with E-state index in [1.54, 1.807) is 0 Å². The molecule has 0 spiro atoms. The van der Waals surface area contributed by atoms with E-state index in [4.69, 9.17) is 5.73 Å². The number of halogens is 4. The molecule has 0 heterocycles. The Labute approximate surface area is 93.6 Å². The maximum Gasteiger partial charge on any atom is 0.416 e. The molecule has 1 nitrogen and oxygen atoms in total. The van der Waals surface area contributed by atoms with Crippen molar-refractivity contribution in [3.8, 4) is 0 Å². The van der Waals surface area contributed by atoms with Crippen LogP contribution in [-0.4, -0.2) is 6.04 Å². The molecule has 1 aromatic carbocycles. The molecule has 0 bridgehead atoms. The van der Waals surface area contributed by atoms with Crippen molar-refractivity contribution in [3.05, 3.63) is 33.8 Å². The third kappa shape index (κ3) is 2.18. The normalized spacial score (nSPS) is 25.4. The molecule has 0 amide bonds. The zero-order valence-electron chi connectivity index (χ0n) is 7.68. The quantitative estimate of drug-likeness (QED) is 0.839. The first-order valence-electron chi connectivity index (χ1n) is 4.52. The van der Waals surface area contributed by atoms with Gasteiger partial charge in [-0.2, -0.15) is 13.2 Å². The lowest BCUT2D eigenvalue weighted by molar-refractivity contribution is -0.137. The van der Waals surface area contributed by atoms with Crippen molar-refractivity contribution in [2.75, 3.05) is 0 Å². The largest absolute Gasteiger partial charge is 0.416 e. The van der Waals surface area contributed by atoms with Gasteiger partial charge in [-0.3, -0.25) is 0 Å². The van der Waals surface area contributed by atoms with Gasteiger partial charge in [0.15, 0.2) is 0 Å². The molecule has 1 aliphatic rings. The first-order chi connectivity index (χ1) is 6.89. The van der Waals surface area contributed by atoms with Gasteiger partial charge in [0.1, 0.15) is 0 Å². The fourth-order valence-electron chi connectivity index (χ4n) is 1.58. The maximum absolute atomic E-state index is 12.3. The highest BCUT2D eigenvalue weighted by molar-refractivity contribution is 9.10. The molecule has 0 aliphatic heterocycles. The topological polar surface area (TPSA) is 26.0 Å². The van der Waals surface area contributed by atoms with Gasteiger partial charge in [0.05, 0.1) is 5.56 Å². The van der Waals surface area contributed by atoms with Crippen molar-refractivity contribution < 1.29 is 13.2 Å². The molecule has 15 heavy (non-hydrogen) atoms. The fraction of sp³-hybridized carbons (Fsp3) is 0.400. The van der Waals surface area contributed by atoms with E-state index < -0.39 is 11.7 Å². The van der Waals surface area contributed by atoms with Crippen LogP contribution in [0, 0.1) is 0 Å². The van der Waals surface area contributed by atoms with E-state index in [0.29, 0.717) is 4.47 Å². The van der Waals surface area contributed by atoms with Crippen LogP contribution < -0.4 is 5.73 Å². The number of benzene rings is 1. The van der Waals surface area contributed by atoms with Gasteiger partial charge in [-0.05, 0) is 24.1 Å². The average Bonchev–Trinajstić information content (AvgIpc) is 2.80. The minimum atomic E-state index is -4.29. The van der Waals surface area contributed by atoms with E-state index in [1.807, 2.05) is 0 Å². The smallest absolute Gasteiger partial charge is 0.327 e. The molecule has 1 aliphatic carbocycles. The van der Waals surface area contributed by atoms with E-state index in [2.05, 4.69) is 15.9 Å². The van der Waals surface area contributed by atoms with Crippen LogP contribution in [0.3, 0.4) is 0 Å². The Bertz CT molecular complexity index is 389. The third-order valence-corrected chi connectivity index (χ3v) is 3.25. The number of nitrogens with two attached hydrogens (primary N) is 1. The Hall–Kier alpha value is -0.550. The van der Waals surface area contributed by atoms with Gasteiger partial charge in [0.25, 0.3) is 0 Å². The molecule has 2 atom stereocenters. The summed E-state index contributed by atoms with van der Waals surface area (Å²) in [4.78, 5) is 0. The SMILES string of the molecule is NC1CC1c1ccc(C(F)(F)F)cc1Br. The summed E-state index contributed by atoms with van der Waals surface area (Å²) < 4.78 is 37.5. The molecule has 5 heteroatoms. The van der Waals surface area contributed by atoms with Gasteiger partial charge in [0, 0.05) is 16.4 Å². The molecular weight excluding hydrogens is 271 g/mol. The zero-order valence-corrected chi connectivity index (χ0v) is 9.27. The van der Waals surface area contributed by atoms with Crippen LogP contribution in [0.25, 0.3) is 0 Å². The van der Waals surface area contributed by atoms with Gasteiger partial charge in [-0.15, -0.1) is 0 Å². The Morgan fingerprint density at radius 1 is 1.33 bits per heavy atom. The molecule has 2 rings (SSSR count). The Balaban J connectivity index is 2.31. The highest BCUT2D eigenvalue weighted by Gasteiger charge is 2.37. The van der Waals surface area contributed by atoms with Crippen molar-refractivity contribution in [1.82, 2.24) is 0 Å². The molecule has 2 N–H and O–H groups in total. The van der Waals surface area contributed by atoms with Crippen molar-refractivity contribution in [1.29, 1.82) is 0 Å². The minimum Gasteiger partial charge on any atom is -0.327 e. The summed E-state index contributed by atoms with van der Waals surface area (Å²) in [5.41, 5.74) is 5.89. The zero-order chi connectivity index (χ0) is 11.2. The first-order valence-corrected chi connectivity index (χ1v) is 5.31. The lowest BCUT2D eigenvalue weighted by Gasteiger charge is -2.09. The van der Waals surface area contributed by atoms with Crippen LogP contribution in [0.15, 0.2) is 22.7 Å². The van der Waals surface area contributed by atoms with Gasteiger partial charge in [-0.25, -0.2) is 0 Å². The summed E-state index contributed by atoms with van der Waals surface area (Å²) in [6.45, 7) is 0. The van der Waals surface area contributed by atoms with Crippen LogP contribution >= 0.6 is 15.9 Å². The van der Waals surface area contributed by atoms with Crippen LogP contribution in [0.1, 0.15) is 23.5 Å². The summed E-state index contributed by atoms with van der Waals surface area (Å²) in [5.74, 6) is 0.210. The second kappa shape index (κ2) is 3.49. The predicted molar refractivity (Wildman–Crippen MR) is 54.5 cm³/mol. The summed E-state index contributed by atoms with van der Waals surface area (Å²) in [5, 5.41) is 0. The van der Waals surface area contributed by atoms with Crippen molar-refractivity contribution >= 4 is 15.9 Å². The summed E-state index contributed by atoms with van der Waals surface area (Å²) in [6, 6.07) is 3.81. The van der Waals surface area contributed by atoms with Crippen LogP contribution in [0.2, 0.25) is 0 Å². The molecule has 0 radical (unpaired) electrons. The van der Waals surface area contributed by atoms with Crippen molar-refractivity contribution in [3.63, 3.8) is 0 Å². The lowest BCUT2D eigenvalue weighted by atomic mass is 10.1. The van der Waals surface area contributed by atoms with Crippen LogP contribution in [0.4, 0.5) is 13.2 Å². The van der Waals surface area contributed by atoms with Gasteiger partial charge >= 0.3 is 6.18 Å². The van der Waals surface area contributed by atoms with Crippen molar-refractivity contribution in [2.24, 2.45) is 5.73 Å². The average molecular weight is 280 g/mol. The second-order valence-corrected chi connectivity index (χ2v) is 4.59. The molecule has 2 unspecified atom stereocenters. The number of hydrogen-bond acceptors (Lipinski definition) is 1. The van der Waals surface area contributed by atoms with E-state index in [9.17, 15) is 13.2 Å². The standard InChI is InChI=1S/C10H9BrF3N/c11-8-3-5(10(12,13)14)1-2-6(8)7-4-9(7)15/h1-3,7,9H,4,15H2. The Kier molecular flexibility index (Phi) is 2.55. The minimum absolute atomic E-state index is 0.0954. The summed E-state index contributed by atoms with van der Waals surface area (Å²) in [6.07, 6.45) is -3.43. The Morgan fingerprint density at radius 2 is 1.93 bits per heavy atom. The van der Waals surface area contributed by atoms with Gasteiger partial charge < -0.3 is 5.73 Å². The fourth-order valence-corrected chi connectivity index (χ4v) is 2.25. The third-order valence-electron chi connectivity index (χ3n) is 2.57. The molecule has 0 aromatic heterocycles. The lowest BCUT2D eigenvalue weighted by Crippen LogP contribution is -2.06. The van der Waals surface area contributed by atoms with Gasteiger partial charge in [0.2, 0.25) is 0 Å². The van der Waals surface area contributed by atoms with E-state index in [-0.39, 0.29) is 12.0 Å². The number of alkyl halides is 3. The molecule has 0 saturated heterocycles. The number of hydrogen-bond donors (Lipinski definition) is 1. The monoisotopic (exact) mass is 279 g/mol. The summed E-state index contributed by atoms with van der Waals surface area (Å²) in [7, 11) is 0. The molecule has 1 fully saturated rings. The summed E-state index contributed by atoms with van der Waals surface area (Å²) >= 11 is 3.15.